The molecule has 4 aromatic heterocycles. The van der Waals surface area contributed by atoms with E-state index in [1.807, 2.05) is 25.3 Å². The Balaban J connectivity index is 1.81. The van der Waals surface area contributed by atoms with E-state index < -0.39 is 0 Å². The normalized spacial score (nSPS) is 11.1. The van der Waals surface area contributed by atoms with Crippen LogP contribution in [-0.2, 0) is 0 Å². The number of aryl methyl sites for hydroxylation is 3. The summed E-state index contributed by atoms with van der Waals surface area (Å²) in [5.41, 5.74) is 3.62. The first-order valence-corrected chi connectivity index (χ1v) is 8.75. The Morgan fingerprint density at radius 1 is 1.08 bits per heavy atom. The molecule has 0 aromatic carbocycles. The van der Waals surface area contributed by atoms with Crippen molar-refractivity contribution in [1.82, 2.24) is 25.1 Å². The summed E-state index contributed by atoms with van der Waals surface area (Å²) in [6.45, 7) is 5.41. The van der Waals surface area contributed by atoms with Crippen LogP contribution in [0.4, 0.5) is 4.39 Å². The summed E-state index contributed by atoms with van der Waals surface area (Å²) in [4.78, 5) is 17.1. The Kier molecular flexibility index (Phi) is 4.04. The summed E-state index contributed by atoms with van der Waals surface area (Å²) < 4.78 is 20.0. The molecule has 6 nitrogen and oxygen atoms in total. The van der Waals surface area contributed by atoms with Crippen LogP contribution in [0.2, 0.25) is 0 Å². The third-order valence-electron chi connectivity index (χ3n) is 3.91. The maximum absolute atomic E-state index is 14.7. The Hall–Kier alpha value is -3.00. The van der Waals surface area contributed by atoms with Gasteiger partial charge in [-0.1, -0.05) is 5.16 Å². The van der Waals surface area contributed by atoms with Crippen LogP contribution in [0, 0.1) is 26.6 Å². The van der Waals surface area contributed by atoms with Crippen LogP contribution in [0.5, 0.6) is 0 Å². The summed E-state index contributed by atoms with van der Waals surface area (Å²) in [6.07, 6.45) is 3.31. The van der Waals surface area contributed by atoms with Gasteiger partial charge in [0, 0.05) is 34.6 Å². The Labute approximate surface area is 152 Å². The molecule has 4 aromatic rings. The molecule has 0 amide bonds. The van der Waals surface area contributed by atoms with Crippen molar-refractivity contribution in [2.75, 3.05) is 0 Å². The first-order chi connectivity index (χ1) is 12.5. The van der Waals surface area contributed by atoms with Crippen LogP contribution < -0.4 is 0 Å². The molecule has 0 atom stereocenters. The van der Waals surface area contributed by atoms with Crippen molar-refractivity contribution in [3.8, 4) is 33.5 Å². The van der Waals surface area contributed by atoms with Gasteiger partial charge in [-0.3, -0.25) is 4.98 Å². The maximum Gasteiger partial charge on any atom is 0.287 e. The number of pyridine rings is 2. The lowest BCUT2D eigenvalue weighted by atomic mass is 10.0. The first-order valence-electron chi connectivity index (χ1n) is 7.87. The minimum atomic E-state index is -0.385. The van der Waals surface area contributed by atoms with Crippen LogP contribution in [-0.4, -0.2) is 25.1 Å². The van der Waals surface area contributed by atoms with Gasteiger partial charge in [0.05, 0.1) is 5.69 Å². The molecule has 0 saturated carbocycles. The molecule has 26 heavy (non-hydrogen) atoms. The molecule has 130 valence electrons. The average molecular weight is 367 g/mol. The van der Waals surface area contributed by atoms with Gasteiger partial charge in [0.1, 0.15) is 5.69 Å². The molecular formula is C18H14FN5OS. The van der Waals surface area contributed by atoms with E-state index in [9.17, 15) is 4.39 Å². The van der Waals surface area contributed by atoms with Gasteiger partial charge in [-0.15, -0.1) is 11.3 Å². The molecule has 0 fully saturated rings. The molecular weight excluding hydrogens is 353 g/mol. The summed E-state index contributed by atoms with van der Waals surface area (Å²) in [5, 5.41) is 6.53. The van der Waals surface area contributed by atoms with Crippen LogP contribution in [0.25, 0.3) is 33.5 Å². The molecule has 0 aliphatic heterocycles. The van der Waals surface area contributed by atoms with Gasteiger partial charge in [0.2, 0.25) is 5.82 Å². The second kappa shape index (κ2) is 6.38. The second-order valence-corrected chi connectivity index (χ2v) is 6.72. The zero-order chi connectivity index (χ0) is 18.3. The molecule has 4 heterocycles. The second-order valence-electron chi connectivity index (χ2n) is 5.86. The highest BCUT2D eigenvalue weighted by atomic mass is 32.1. The predicted octanol–water partition coefficient (Wildman–Crippen LogP) is 4.38. The first kappa shape index (κ1) is 16.5. The van der Waals surface area contributed by atoms with Crippen molar-refractivity contribution in [2.45, 2.75) is 20.8 Å². The highest BCUT2D eigenvalue weighted by Crippen LogP contribution is 2.31. The van der Waals surface area contributed by atoms with E-state index in [2.05, 4.69) is 25.1 Å². The SMILES string of the molecule is Cc1csc(-c2nc(-c3cc(-c4cnccc4C)c(F)c(C)n3)no2)n1. The minimum Gasteiger partial charge on any atom is -0.331 e. The van der Waals surface area contributed by atoms with Crippen LogP contribution in [0.1, 0.15) is 17.0 Å². The Morgan fingerprint density at radius 2 is 1.92 bits per heavy atom. The van der Waals surface area contributed by atoms with E-state index in [4.69, 9.17) is 4.52 Å². The van der Waals surface area contributed by atoms with Crippen LogP contribution in [0.15, 0.2) is 34.4 Å². The molecule has 8 heteroatoms. The smallest absolute Gasteiger partial charge is 0.287 e. The number of hydrogen-bond acceptors (Lipinski definition) is 7. The summed E-state index contributed by atoms with van der Waals surface area (Å²) in [6, 6.07) is 3.45. The number of halogens is 1. The van der Waals surface area contributed by atoms with Gasteiger partial charge in [-0.25, -0.2) is 14.4 Å². The Morgan fingerprint density at radius 3 is 2.65 bits per heavy atom. The third-order valence-corrected chi connectivity index (χ3v) is 4.86. The van der Waals surface area contributed by atoms with Gasteiger partial charge in [0.15, 0.2) is 10.8 Å². The molecule has 0 bridgehead atoms. The highest BCUT2D eigenvalue weighted by molar-refractivity contribution is 7.13. The van der Waals surface area contributed by atoms with Crippen molar-refractivity contribution in [3.05, 3.63) is 52.7 Å². The van der Waals surface area contributed by atoms with Gasteiger partial charge in [0.25, 0.3) is 5.89 Å². The molecule has 0 N–H and O–H groups in total. The van der Waals surface area contributed by atoms with Crippen LogP contribution >= 0.6 is 11.3 Å². The molecule has 0 saturated heterocycles. The molecule has 4 rings (SSSR count). The fourth-order valence-electron chi connectivity index (χ4n) is 2.58. The molecule has 0 radical (unpaired) electrons. The van der Waals surface area contributed by atoms with Gasteiger partial charge in [-0.05, 0) is 38.5 Å². The van der Waals surface area contributed by atoms with Gasteiger partial charge < -0.3 is 4.52 Å². The lowest BCUT2D eigenvalue weighted by Gasteiger charge is -2.09. The molecule has 0 unspecified atom stereocenters. The average Bonchev–Trinajstić information content (AvgIpc) is 3.27. The van der Waals surface area contributed by atoms with E-state index in [1.165, 1.54) is 11.3 Å². The monoisotopic (exact) mass is 367 g/mol. The minimum absolute atomic E-state index is 0.261. The largest absolute Gasteiger partial charge is 0.331 e. The number of aromatic nitrogens is 5. The summed E-state index contributed by atoms with van der Waals surface area (Å²) in [5.74, 6) is 0.226. The number of nitrogens with zero attached hydrogens (tertiary/aromatic N) is 5. The maximum atomic E-state index is 14.7. The van der Waals surface area contributed by atoms with Crippen molar-refractivity contribution >= 4 is 11.3 Å². The zero-order valence-electron chi connectivity index (χ0n) is 14.3. The number of hydrogen-bond donors (Lipinski definition) is 0. The Bertz CT molecular complexity index is 1100. The van der Waals surface area contributed by atoms with E-state index in [0.717, 1.165) is 11.3 Å². The highest BCUT2D eigenvalue weighted by Gasteiger charge is 2.19. The summed E-state index contributed by atoms with van der Waals surface area (Å²) >= 11 is 1.42. The van der Waals surface area contributed by atoms with Crippen molar-refractivity contribution in [2.24, 2.45) is 0 Å². The van der Waals surface area contributed by atoms with Crippen LogP contribution in [0.3, 0.4) is 0 Å². The lowest BCUT2D eigenvalue weighted by Crippen LogP contribution is -1.98. The van der Waals surface area contributed by atoms with E-state index in [0.29, 0.717) is 33.5 Å². The number of rotatable bonds is 3. The zero-order valence-corrected chi connectivity index (χ0v) is 15.1. The van der Waals surface area contributed by atoms with Crippen molar-refractivity contribution in [1.29, 1.82) is 0 Å². The van der Waals surface area contributed by atoms with E-state index in [-0.39, 0.29) is 11.5 Å². The standard InChI is InChI=1S/C18H14FN5OS/c1-9-4-5-20-7-13(9)12-6-14(22-11(3)15(12)19)16-23-17(25-24-16)18-21-10(2)8-26-18/h4-8H,1-3H3. The number of thiazole rings is 1. The fraction of sp³-hybridized carbons (Fsp3) is 0.167. The lowest BCUT2D eigenvalue weighted by molar-refractivity contribution is 0.432. The van der Waals surface area contributed by atoms with Crippen molar-refractivity contribution in [3.63, 3.8) is 0 Å². The molecule has 0 spiro atoms. The van der Waals surface area contributed by atoms with Crippen molar-refractivity contribution < 1.29 is 8.91 Å². The third kappa shape index (κ3) is 2.88. The molecule has 0 aliphatic rings. The fourth-order valence-corrected chi connectivity index (χ4v) is 3.30. The van der Waals surface area contributed by atoms with Gasteiger partial charge in [-0.2, -0.15) is 4.98 Å². The van der Waals surface area contributed by atoms with E-state index >= 15 is 0 Å². The predicted molar refractivity (Wildman–Crippen MR) is 96.0 cm³/mol. The topological polar surface area (TPSA) is 77.6 Å². The summed E-state index contributed by atoms with van der Waals surface area (Å²) in [7, 11) is 0. The molecule has 0 aliphatic carbocycles. The van der Waals surface area contributed by atoms with Gasteiger partial charge >= 0.3 is 0 Å². The quantitative estimate of drug-likeness (QED) is 0.535. The van der Waals surface area contributed by atoms with E-state index in [1.54, 1.807) is 25.4 Å².